The summed E-state index contributed by atoms with van der Waals surface area (Å²) in [5, 5.41) is 0. The Hall–Kier alpha value is -1.15. The van der Waals surface area contributed by atoms with E-state index >= 15 is 0 Å². The number of ether oxygens (including phenoxy) is 5. The lowest BCUT2D eigenvalue weighted by molar-refractivity contribution is -0.127. The van der Waals surface area contributed by atoms with Crippen LogP contribution >= 0.6 is 0 Å². The first-order valence-corrected chi connectivity index (χ1v) is 10.3. The number of hydrogen-bond acceptors (Lipinski definition) is 6. The molecule has 0 aromatic heterocycles. The van der Waals surface area contributed by atoms with Crippen LogP contribution in [0.1, 0.15) is 40.0 Å². The van der Waals surface area contributed by atoms with E-state index in [9.17, 15) is 4.79 Å². The van der Waals surface area contributed by atoms with E-state index in [0.717, 1.165) is 25.9 Å². The number of nitrogens with zero attached hydrogens (tertiary/aromatic N) is 1. The Morgan fingerprint density at radius 1 is 1.25 bits per heavy atom. The van der Waals surface area contributed by atoms with E-state index < -0.39 is 0 Å². The number of allylic oxidation sites excluding steroid dienone is 1. The molecule has 0 aromatic rings. The highest BCUT2D eigenvalue weighted by molar-refractivity contribution is 5.69. The normalized spacial score (nSPS) is 42.1. The molecule has 3 aliphatic heterocycles. The highest BCUT2D eigenvalue weighted by Crippen LogP contribution is 2.59. The molecule has 1 amide bonds. The molecule has 158 valence electrons. The highest BCUT2D eigenvalue weighted by atomic mass is 16.6. The number of methoxy groups -OCH3 is 2. The van der Waals surface area contributed by atoms with Crippen LogP contribution < -0.4 is 0 Å². The average molecular weight is 395 g/mol. The van der Waals surface area contributed by atoms with E-state index in [1.165, 1.54) is 5.57 Å². The molecular weight excluding hydrogens is 362 g/mol. The fraction of sp³-hybridized carbons (Fsp3) is 0.857. The van der Waals surface area contributed by atoms with Gasteiger partial charge >= 0.3 is 6.09 Å². The smallest absolute Gasteiger partial charge is 0.410 e. The summed E-state index contributed by atoms with van der Waals surface area (Å²) in [6, 6.07) is 0. The van der Waals surface area contributed by atoms with Gasteiger partial charge in [0.25, 0.3) is 0 Å². The lowest BCUT2D eigenvalue weighted by Gasteiger charge is -2.44. The molecule has 1 unspecified atom stereocenters. The molecule has 4 fully saturated rings. The maximum absolute atomic E-state index is 12.5. The fourth-order valence-electron chi connectivity index (χ4n) is 5.01. The maximum Gasteiger partial charge on any atom is 0.410 e. The van der Waals surface area contributed by atoms with Gasteiger partial charge in [0.1, 0.15) is 23.4 Å². The van der Waals surface area contributed by atoms with Gasteiger partial charge in [-0.05, 0) is 40.0 Å². The van der Waals surface area contributed by atoms with Gasteiger partial charge in [0, 0.05) is 14.2 Å². The van der Waals surface area contributed by atoms with Crippen LogP contribution in [0.5, 0.6) is 0 Å². The van der Waals surface area contributed by atoms with Crippen molar-refractivity contribution in [2.24, 2.45) is 5.92 Å². The topological polar surface area (TPSA) is 73.1 Å². The van der Waals surface area contributed by atoms with Gasteiger partial charge in [0.05, 0.1) is 37.8 Å². The Kier molecular flexibility index (Phi) is 5.23. The van der Waals surface area contributed by atoms with Crippen LogP contribution in [0.15, 0.2) is 11.6 Å². The van der Waals surface area contributed by atoms with Gasteiger partial charge < -0.3 is 28.6 Å². The predicted octanol–water partition coefficient (Wildman–Crippen LogP) is 2.53. The van der Waals surface area contributed by atoms with E-state index in [2.05, 4.69) is 26.8 Å². The van der Waals surface area contributed by atoms with Crippen LogP contribution in [-0.4, -0.2) is 80.5 Å². The summed E-state index contributed by atoms with van der Waals surface area (Å²) in [4.78, 5) is 14.2. The summed E-state index contributed by atoms with van der Waals surface area (Å²) in [6.45, 7) is 8.25. The molecule has 4 rings (SSSR count). The molecule has 0 radical (unpaired) electrons. The van der Waals surface area contributed by atoms with Crippen molar-refractivity contribution in [2.45, 2.75) is 75.7 Å². The summed E-state index contributed by atoms with van der Waals surface area (Å²) in [6.07, 6.45) is 4.18. The minimum absolute atomic E-state index is 0.0511. The number of likely N-dealkylation sites (tertiary alicyclic amines) is 1. The van der Waals surface area contributed by atoms with Crippen molar-refractivity contribution in [3.05, 3.63) is 11.6 Å². The van der Waals surface area contributed by atoms with Gasteiger partial charge in [0.15, 0.2) is 0 Å². The molecule has 7 nitrogen and oxygen atoms in total. The van der Waals surface area contributed by atoms with Crippen LogP contribution in [0.25, 0.3) is 0 Å². The van der Waals surface area contributed by atoms with Crippen molar-refractivity contribution in [2.75, 3.05) is 33.9 Å². The first-order chi connectivity index (χ1) is 13.3. The lowest BCUT2D eigenvalue weighted by Crippen LogP contribution is -2.58. The number of amides is 1. The minimum atomic E-state index is -0.313. The molecule has 3 saturated heterocycles. The first kappa shape index (κ1) is 20.1. The van der Waals surface area contributed by atoms with Crippen LogP contribution in [-0.2, 0) is 23.7 Å². The quantitative estimate of drug-likeness (QED) is 0.508. The van der Waals surface area contributed by atoms with Gasteiger partial charge in [-0.2, -0.15) is 0 Å². The molecule has 3 heterocycles. The zero-order valence-electron chi connectivity index (χ0n) is 17.6. The summed E-state index contributed by atoms with van der Waals surface area (Å²) in [7, 11) is 3.36. The number of hydrogen-bond donors (Lipinski definition) is 0. The van der Waals surface area contributed by atoms with E-state index in [1.807, 2.05) is 0 Å². The average Bonchev–Trinajstić information content (AvgIpc) is 3.51. The molecule has 0 N–H and O–H groups in total. The van der Waals surface area contributed by atoms with E-state index in [-0.39, 0.29) is 47.6 Å². The van der Waals surface area contributed by atoms with Gasteiger partial charge in [0.2, 0.25) is 0 Å². The number of rotatable bonds is 6. The molecule has 1 saturated carbocycles. The van der Waals surface area contributed by atoms with Crippen molar-refractivity contribution in [3.8, 4) is 0 Å². The van der Waals surface area contributed by atoms with Crippen molar-refractivity contribution in [1.82, 2.24) is 4.90 Å². The minimum Gasteiger partial charge on any atom is -0.443 e. The van der Waals surface area contributed by atoms with Gasteiger partial charge in [-0.3, -0.25) is 0 Å². The van der Waals surface area contributed by atoms with Crippen molar-refractivity contribution < 1.29 is 28.5 Å². The Balaban J connectivity index is 1.45. The van der Waals surface area contributed by atoms with Crippen molar-refractivity contribution in [3.63, 3.8) is 0 Å². The third-order valence-electron chi connectivity index (χ3n) is 6.93. The third-order valence-corrected chi connectivity index (χ3v) is 6.93. The second-order valence-electron chi connectivity index (χ2n) is 9.06. The van der Waals surface area contributed by atoms with Crippen LogP contribution in [0.3, 0.4) is 0 Å². The predicted molar refractivity (Wildman–Crippen MR) is 102 cm³/mol. The largest absolute Gasteiger partial charge is 0.443 e. The van der Waals surface area contributed by atoms with E-state index in [1.54, 1.807) is 19.1 Å². The Morgan fingerprint density at radius 2 is 1.96 bits per heavy atom. The summed E-state index contributed by atoms with van der Waals surface area (Å²) in [5.74, 6) is 0.0511. The molecule has 7 heteroatoms. The summed E-state index contributed by atoms with van der Waals surface area (Å²) < 4.78 is 29.2. The van der Waals surface area contributed by atoms with Crippen molar-refractivity contribution >= 4 is 6.09 Å². The first-order valence-electron chi connectivity index (χ1n) is 10.3. The number of epoxide rings is 2. The SMILES string of the molecule is COC1CN(C(=O)O[C@@H]2CC[C@]3(CO3)[C@@H]([C@@]3(C)OC3CC=C(C)C)[C@@H]2OC)C1. The fourth-order valence-corrected chi connectivity index (χ4v) is 5.01. The molecule has 0 aromatic carbocycles. The van der Waals surface area contributed by atoms with Crippen LogP contribution in [0.4, 0.5) is 4.79 Å². The standard InChI is InChI=1S/C21H33NO6/c1-13(2)6-7-16-20(3,28-16)18-17(25-5)15(8-9-21(18)12-26-21)27-19(23)22-10-14(11-22)24-4/h6,14-18H,7-12H2,1-5H3/t15-,16?,17-,18-,20+,21+/m1/s1. The zero-order valence-corrected chi connectivity index (χ0v) is 17.6. The van der Waals surface area contributed by atoms with Gasteiger partial charge in [-0.25, -0.2) is 4.79 Å². The second kappa shape index (κ2) is 7.27. The summed E-state index contributed by atoms with van der Waals surface area (Å²) in [5.41, 5.74) is 0.778. The Bertz CT molecular complexity index is 637. The molecule has 4 aliphatic rings. The maximum atomic E-state index is 12.5. The molecule has 1 spiro atoms. The van der Waals surface area contributed by atoms with Crippen LogP contribution in [0.2, 0.25) is 0 Å². The lowest BCUT2D eigenvalue weighted by atomic mass is 9.68. The monoisotopic (exact) mass is 395 g/mol. The molecule has 6 atom stereocenters. The van der Waals surface area contributed by atoms with Gasteiger partial charge in [-0.15, -0.1) is 0 Å². The third kappa shape index (κ3) is 3.47. The molecule has 28 heavy (non-hydrogen) atoms. The number of carbonyl (C=O) groups is 1. The molecule has 1 aliphatic carbocycles. The van der Waals surface area contributed by atoms with Crippen LogP contribution in [0, 0.1) is 5.92 Å². The zero-order chi connectivity index (χ0) is 20.1. The van der Waals surface area contributed by atoms with E-state index in [4.69, 9.17) is 23.7 Å². The van der Waals surface area contributed by atoms with Gasteiger partial charge in [-0.1, -0.05) is 11.6 Å². The van der Waals surface area contributed by atoms with Crippen molar-refractivity contribution in [1.29, 1.82) is 0 Å². The Labute approximate surface area is 167 Å². The summed E-state index contributed by atoms with van der Waals surface area (Å²) >= 11 is 0. The van der Waals surface area contributed by atoms with E-state index in [0.29, 0.717) is 13.1 Å². The second-order valence-corrected chi connectivity index (χ2v) is 9.06. The number of carbonyl (C=O) groups excluding carboxylic acids is 1. The molecule has 0 bridgehead atoms. The highest BCUT2D eigenvalue weighted by Gasteiger charge is 2.72. The Morgan fingerprint density at radius 3 is 2.54 bits per heavy atom. The molecular formula is C21H33NO6.